The monoisotopic (exact) mass is 207 g/mol. The van der Waals surface area contributed by atoms with Gasteiger partial charge in [0.25, 0.3) is 0 Å². The fourth-order valence-electron chi connectivity index (χ4n) is 2.23. The van der Waals surface area contributed by atoms with E-state index in [2.05, 4.69) is 5.32 Å². The highest BCUT2D eigenvalue weighted by Gasteiger charge is 2.37. The number of halogens is 1. The predicted octanol–water partition coefficient (Wildman–Crippen LogP) is 0.702. The van der Waals surface area contributed by atoms with E-state index in [1.807, 2.05) is 0 Å². The Balaban J connectivity index is 0.000000845. The summed E-state index contributed by atoms with van der Waals surface area (Å²) in [5.41, 5.74) is 0.0168. The van der Waals surface area contributed by atoms with E-state index in [0.29, 0.717) is 0 Å². The molecule has 78 valence electrons. The Bertz CT molecular complexity index is 154. The molecule has 1 spiro atoms. The highest BCUT2D eigenvalue weighted by molar-refractivity contribution is 5.85. The van der Waals surface area contributed by atoms with Crippen LogP contribution < -0.4 is 5.32 Å². The summed E-state index contributed by atoms with van der Waals surface area (Å²) >= 11 is 0. The van der Waals surface area contributed by atoms with Crippen molar-refractivity contribution in [2.45, 2.75) is 37.4 Å². The summed E-state index contributed by atoms with van der Waals surface area (Å²) in [7, 11) is 0. The van der Waals surface area contributed by atoms with Gasteiger partial charge >= 0.3 is 0 Å². The smallest absolute Gasteiger partial charge is 0.0731 e. The first-order valence-corrected chi connectivity index (χ1v) is 4.84. The first kappa shape index (κ1) is 11.2. The van der Waals surface area contributed by atoms with Gasteiger partial charge in [0.15, 0.2) is 0 Å². The molecule has 3 nitrogen and oxygen atoms in total. The maximum absolute atomic E-state index is 9.53. The van der Waals surface area contributed by atoms with E-state index in [0.717, 1.165) is 45.4 Å². The lowest BCUT2D eigenvalue weighted by Gasteiger charge is -2.42. The summed E-state index contributed by atoms with van der Waals surface area (Å²) < 4.78 is 5.78. The summed E-state index contributed by atoms with van der Waals surface area (Å²) in [6.45, 7) is 2.81. The number of aliphatic hydroxyl groups excluding tert-OH is 1. The molecule has 0 aliphatic carbocycles. The van der Waals surface area contributed by atoms with Crippen LogP contribution in [0.1, 0.15) is 25.7 Å². The van der Waals surface area contributed by atoms with Crippen LogP contribution in [0, 0.1) is 0 Å². The number of ether oxygens (including phenoxy) is 1. The third-order valence-electron chi connectivity index (χ3n) is 2.98. The lowest BCUT2D eigenvalue weighted by atomic mass is 9.84. The Kier molecular flexibility index (Phi) is 3.98. The van der Waals surface area contributed by atoms with Gasteiger partial charge in [0, 0.05) is 13.0 Å². The van der Waals surface area contributed by atoms with Gasteiger partial charge in [-0.25, -0.2) is 0 Å². The molecule has 4 heteroatoms. The van der Waals surface area contributed by atoms with Crippen molar-refractivity contribution in [1.29, 1.82) is 0 Å². The molecular weight excluding hydrogens is 190 g/mol. The van der Waals surface area contributed by atoms with E-state index < -0.39 is 0 Å². The van der Waals surface area contributed by atoms with E-state index in [-0.39, 0.29) is 24.1 Å². The molecule has 2 aliphatic heterocycles. The van der Waals surface area contributed by atoms with Crippen molar-refractivity contribution >= 4 is 12.4 Å². The second-order valence-electron chi connectivity index (χ2n) is 3.93. The van der Waals surface area contributed by atoms with Crippen LogP contribution in [0.2, 0.25) is 0 Å². The number of piperidine rings is 1. The van der Waals surface area contributed by atoms with E-state index in [1.54, 1.807) is 0 Å². The van der Waals surface area contributed by atoms with Gasteiger partial charge in [-0.1, -0.05) is 0 Å². The molecule has 0 aromatic rings. The summed E-state index contributed by atoms with van der Waals surface area (Å²) in [6.07, 6.45) is 3.65. The number of hydrogen-bond donors (Lipinski definition) is 2. The van der Waals surface area contributed by atoms with Gasteiger partial charge in [0.2, 0.25) is 0 Å². The molecular formula is C9H18ClNO2. The highest BCUT2D eigenvalue weighted by Crippen LogP contribution is 2.32. The van der Waals surface area contributed by atoms with Crippen molar-refractivity contribution in [1.82, 2.24) is 5.32 Å². The average molecular weight is 208 g/mol. The number of hydrogen-bond acceptors (Lipinski definition) is 3. The zero-order chi connectivity index (χ0) is 8.44. The SMILES string of the molecule is Cl.OC1CCOC2(CCNCC2)C1. The van der Waals surface area contributed by atoms with Gasteiger partial charge in [-0.05, 0) is 32.4 Å². The fraction of sp³-hybridized carbons (Fsp3) is 1.00. The van der Waals surface area contributed by atoms with E-state index in [4.69, 9.17) is 4.74 Å². The molecule has 2 rings (SSSR count). The van der Waals surface area contributed by atoms with Crippen LogP contribution in [0.15, 0.2) is 0 Å². The van der Waals surface area contributed by atoms with E-state index in [9.17, 15) is 5.11 Å². The van der Waals surface area contributed by atoms with Gasteiger partial charge in [0.05, 0.1) is 11.7 Å². The maximum Gasteiger partial charge on any atom is 0.0731 e. The third-order valence-corrected chi connectivity index (χ3v) is 2.98. The summed E-state index contributed by atoms with van der Waals surface area (Å²) in [4.78, 5) is 0. The fourth-order valence-corrected chi connectivity index (χ4v) is 2.23. The minimum absolute atomic E-state index is 0. The van der Waals surface area contributed by atoms with Gasteiger partial charge in [-0.2, -0.15) is 0 Å². The van der Waals surface area contributed by atoms with Crippen molar-refractivity contribution in [2.75, 3.05) is 19.7 Å². The maximum atomic E-state index is 9.53. The second-order valence-corrected chi connectivity index (χ2v) is 3.93. The minimum atomic E-state index is -0.128. The molecule has 2 N–H and O–H groups in total. The van der Waals surface area contributed by atoms with Crippen LogP contribution in [-0.4, -0.2) is 36.5 Å². The van der Waals surface area contributed by atoms with Crippen molar-refractivity contribution < 1.29 is 9.84 Å². The van der Waals surface area contributed by atoms with Gasteiger partial charge in [-0.3, -0.25) is 0 Å². The minimum Gasteiger partial charge on any atom is -0.393 e. The van der Waals surface area contributed by atoms with E-state index >= 15 is 0 Å². The Hall–Kier alpha value is 0.170. The summed E-state index contributed by atoms with van der Waals surface area (Å²) in [6, 6.07) is 0. The van der Waals surface area contributed by atoms with Crippen molar-refractivity contribution in [3.8, 4) is 0 Å². The number of nitrogens with one attached hydrogen (secondary N) is 1. The van der Waals surface area contributed by atoms with Crippen LogP contribution in [-0.2, 0) is 4.74 Å². The van der Waals surface area contributed by atoms with Crippen LogP contribution >= 0.6 is 12.4 Å². The normalized spacial score (nSPS) is 32.5. The lowest BCUT2D eigenvalue weighted by molar-refractivity contribution is -0.131. The molecule has 0 bridgehead atoms. The number of rotatable bonds is 0. The van der Waals surface area contributed by atoms with E-state index in [1.165, 1.54) is 0 Å². The summed E-state index contributed by atoms with van der Waals surface area (Å²) in [5, 5.41) is 12.8. The molecule has 1 unspecified atom stereocenters. The zero-order valence-corrected chi connectivity index (χ0v) is 8.61. The molecule has 0 aromatic heterocycles. The van der Waals surface area contributed by atoms with Crippen LogP contribution in [0.3, 0.4) is 0 Å². The van der Waals surface area contributed by atoms with Crippen LogP contribution in [0.25, 0.3) is 0 Å². The van der Waals surface area contributed by atoms with Crippen LogP contribution in [0.5, 0.6) is 0 Å². The molecule has 0 aromatic carbocycles. The number of aliphatic hydroxyl groups is 1. The topological polar surface area (TPSA) is 41.5 Å². The van der Waals surface area contributed by atoms with Gasteiger partial charge in [-0.15, -0.1) is 12.4 Å². The largest absolute Gasteiger partial charge is 0.393 e. The molecule has 1 atom stereocenters. The standard InChI is InChI=1S/C9H17NO2.ClH/c11-8-1-6-12-9(7-8)2-4-10-5-3-9;/h8,10-11H,1-7H2;1H. The predicted molar refractivity (Wildman–Crippen MR) is 53.3 cm³/mol. The van der Waals surface area contributed by atoms with Crippen LogP contribution in [0.4, 0.5) is 0 Å². The summed E-state index contributed by atoms with van der Waals surface area (Å²) in [5.74, 6) is 0. The third kappa shape index (κ3) is 2.56. The molecule has 13 heavy (non-hydrogen) atoms. The Morgan fingerprint density at radius 1 is 1.31 bits per heavy atom. The van der Waals surface area contributed by atoms with Gasteiger partial charge < -0.3 is 15.2 Å². The lowest BCUT2D eigenvalue weighted by Crippen LogP contribution is -2.49. The average Bonchev–Trinajstić information content (AvgIpc) is 2.05. The Morgan fingerprint density at radius 3 is 2.62 bits per heavy atom. The molecule has 2 heterocycles. The quantitative estimate of drug-likeness (QED) is 0.615. The molecule has 2 aliphatic rings. The molecule has 2 saturated heterocycles. The Morgan fingerprint density at radius 2 is 2.00 bits per heavy atom. The Labute approximate surface area is 85.3 Å². The molecule has 0 radical (unpaired) electrons. The molecule has 0 amide bonds. The van der Waals surface area contributed by atoms with Gasteiger partial charge in [0.1, 0.15) is 0 Å². The first-order chi connectivity index (χ1) is 5.81. The molecule has 0 saturated carbocycles. The first-order valence-electron chi connectivity index (χ1n) is 4.84. The molecule has 2 fully saturated rings. The van der Waals surface area contributed by atoms with Crippen molar-refractivity contribution in [3.05, 3.63) is 0 Å². The van der Waals surface area contributed by atoms with Crippen molar-refractivity contribution in [3.63, 3.8) is 0 Å². The second kappa shape index (κ2) is 4.60. The zero-order valence-electron chi connectivity index (χ0n) is 7.79. The highest BCUT2D eigenvalue weighted by atomic mass is 35.5. The van der Waals surface area contributed by atoms with Crippen molar-refractivity contribution in [2.24, 2.45) is 0 Å².